The number of aromatic nitrogens is 3. The normalized spacial score (nSPS) is 12.3. The van der Waals surface area contributed by atoms with E-state index in [2.05, 4.69) is 25.0 Å². The molecule has 6 heteroatoms. The summed E-state index contributed by atoms with van der Waals surface area (Å²) in [6, 6.07) is 1.38. The van der Waals surface area contributed by atoms with E-state index in [1.807, 2.05) is 6.92 Å². The van der Waals surface area contributed by atoms with Crippen molar-refractivity contribution in [3.8, 4) is 0 Å². The van der Waals surface area contributed by atoms with E-state index in [1.54, 1.807) is 12.4 Å². The van der Waals surface area contributed by atoms with Gasteiger partial charge in [-0.3, -0.25) is 4.79 Å². The van der Waals surface area contributed by atoms with Crippen LogP contribution in [0.3, 0.4) is 0 Å². The maximum absolute atomic E-state index is 11.7. The van der Waals surface area contributed by atoms with E-state index in [0.717, 1.165) is 12.2 Å². The molecule has 2 N–H and O–H groups in total. The molecule has 0 aromatic carbocycles. The van der Waals surface area contributed by atoms with Gasteiger partial charge >= 0.3 is 0 Å². The van der Waals surface area contributed by atoms with Gasteiger partial charge in [-0.2, -0.15) is 0 Å². The van der Waals surface area contributed by atoms with Crippen LogP contribution >= 0.6 is 0 Å². The van der Waals surface area contributed by atoms with Gasteiger partial charge in [0, 0.05) is 18.5 Å². The van der Waals surface area contributed by atoms with Gasteiger partial charge in [0.05, 0.1) is 6.04 Å². The van der Waals surface area contributed by atoms with E-state index in [9.17, 15) is 4.79 Å². The van der Waals surface area contributed by atoms with Gasteiger partial charge in [0.2, 0.25) is 0 Å². The van der Waals surface area contributed by atoms with Gasteiger partial charge in [-0.1, -0.05) is 12.1 Å². The molecule has 0 spiro atoms. The van der Waals surface area contributed by atoms with Crippen molar-refractivity contribution in [1.29, 1.82) is 0 Å². The number of nitrogens with one attached hydrogen (secondary N) is 2. The number of H-pyrrole nitrogens is 1. The van der Waals surface area contributed by atoms with E-state index < -0.39 is 0 Å². The Morgan fingerprint density at radius 2 is 2.56 bits per heavy atom. The second-order valence-electron chi connectivity index (χ2n) is 3.29. The lowest BCUT2D eigenvalue weighted by Gasteiger charge is -2.13. The molecule has 0 fully saturated rings. The van der Waals surface area contributed by atoms with Crippen LogP contribution in [0, 0.1) is 0 Å². The third-order valence-corrected chi connectivity index (χ3v) is 2.23. The third-order valence-electron chi connectivity index (χ3n) is 2.23. The highest BCUT2D eigenvalue weighted by atomic mass is 16.5. The maximum atomic E-state index is 11.7. The summed E-state index contributed by atoms with van der Waals surface area (Å²) in [4.78, 5) is 18.8. The number of hydrogen-bond acceptors (Lipinski definition) is 4. The molecule has 0 bridgehead atoms. The number of carbonyl (C=O) groups excluding carboxylic acids is 1. The molecule has 2 rings (SSSR count). The SMILES string of the molecule is CCC(NC(=O)c1ccon1)c1ncc[nH]1. The first-order valence-corrected chi connectivity index (χ1v) is 5.01. The van der Waals surface area contributed by atoms with E-state index >= 15 is 0 Å². The highest BCUT2D eigenvalue weighted by Gasteiger charge is 2.17. The predicted molar refractivity (Wildman–Crippen MR) is 55.6 cm³/mol. The number of carbonyl (C=O) groups is 1. The minimum absolute atomic E-state index is 0.140. The van der Waals surface area contributed by atoms with Crippen LogP contribution < -0.4 is 5.32 Å². The van der Waals surface area contributed by atoms with Crippen molar-refractivity contribution in [3.05, 3.63) is 36.2 Å². The summed E-state index contributed by atoms with van der Waals surface area (Å²) in [7, 11) is 0. The van der Waals surface area contributed by atoms with Gasteiger partial charge in [0.15, 0.2) is 5.69 Å². The average Bonchev–Trinajstić information content (AvgIpc) is 2.96. The monoisotopic (exact) mass is 220 g/mol. The molecular weight excluding hydrogens is 208 g/mol. The number of amides is 1. The van der Waals surface area contributed by atoms with Crippen LogP contribution in [-0.4, -0.2) is 21.0 Å². The van der Waals surface area contributed by atoms with E-state index in [1.165, 1.54) is 12.3 Å². The van der Waals surface area contributed by atoms with Crippen LogP contribution in [0.25, 0.3) is 0 Å². The minimum Gasteiger partial charge on any atom is -0.364 e. The van der Waals surface area contributed by atoms with Crippen LogP contribution in [0.15, 0.2) is 29.2 Å². The Bertz CT molecular complexity index is 435. The fraction of sp³-hybridized carbons (Fsp3) is 0.300. The molecule has 1 amide bonds. The summed E-state index contributed by atoms with van der Waals surface area (Å²) in [5, 5.41) is 6.38. The second kappa shape index (κ2) is 4.61. The number of hydrogen-bond donors (Lipinski definition) is 2. The van der Waals surface area contributed by atoms with Crippen molar-refractivity contribution in [1.82, 2.24) is 20.4 Å². The Morgan fingerprint density at radius 3 is 3.12 bits per heavy atom. The van der Waals surface area contributed by atoms with Crippen molar-refractivity contribution < 1.29 is 9.32 Å². The standard InChI is InChI=1S/C10H12N4O2/c1-2-7(9-11-4-5-12-9)13-10(15)8-3-6-16-14-8/h3-7H,2H2,1H3,(H,11,12)(H,13,15). The number of nitrogens with zero attached hydrogens (tertiary/aromatic N) is 2. The van der Waals surface area contributed by atoms with Crippen LogP contribution in [0.4, 0.5) is 0 Å². The number of aromatic amines is 1. The maximum Gasteiger partial charge on any atom is 0.274 e. The van der Waals surface area contributed by atoms with Gasteiger partial charge in [-0.05, 0) is 6.42 Å². The van der Waals surface area contributed by atoms with Gasteiger partial charge in [0.25, 0.3) is 5.91 Å². The van der Waals surface area contributed by atoms with Crippen LogP contribution in [0.2, 0.25) is 0 Å². The number of rotatable bonds is 4. The first-order valence-electron chi connectivity index (χ1n) is 5.01. The molecule has 0 saturated carbocycles. The Kier molecular flexibility index (Phi) is 3.00. The van der Waals surface area contributed by atoms with Crippen molar-refractivity contribution in [2.24, 2.45) is 0 Å². The zero-order valence-electron chi connectivity index (χ0n) is 8.80. The van der Waals surface area contributed by atoms with Crippen LogP contribution in [-0.2, 0) is 0 Å². The summed E-state index contributed by atoms with van der Waals surface area (Å²) in [6.45, 7) is 1.97. The predicted octanol–water partition coefficient (Wildman–Crippen LogP) is 1.28. The molecule has 84 valence electrons. The fourth-order valence-corrected chi connectivity index (χ4v) is 1.39. The van der Waals surface area contributed by atoms with Crippen molar-refractivity contribution in [3.63, 3.8) is 0 Å². The molecule has 6 nitrogen and oxygen atoms in total. The lowest BCUT2D eigenvalue weighted by Crippen LogP contribution is -2.29. The largest absolute Gasteiger partial charge is 0.364 e. The van der Waals surface area contributed by atoms with E-state index in [4.69, 9.17) is 0 Å². The van der Waals surface area contributed by atoms with Crippen molar-refractivity contribution in [2.45, 2.75) is 19.4 Å². The molecule has 16 heavy (non-hydrogen) atoms. The third kappa shape index (κ3) is 2.10. The smallest absolute Gasteiger partial charge is 0.274 e. The zero-order valence-corrected chi connectivity index (χ0v) is 8.80. The van der Waals surface area contributed by atoms with Gasteiger partial charge in [0.1, 0.15) is 12.1 Å². The van der Waals surface area contributed by atoms with Crippen LogP contribution in [0.5, 0.6) is 0 Å². The molecule has 0 aliphatic rings. The molecule has 2 heterocycles. The lowest BCUT2D eigenvalue weighted by molar-refractivity contribution is 0.0924. The van der Waals surface area contributed by atoms with Crippen molar-refractivity contribution in [2.75, 3.05) is 0 Å². The Morgan fingerprint density at radius 1 is 1.69 bits per heavy atom. The summed E-state index contributed by atoms with van der Waals surface area (Å²) < 4.78 is 4.61. The first-order chi connectivity index (χ1) is 7.81. The lowest BCUT2D eigenvalue weighted by atomic mass is 10.2. The molecule has 1 unspecified atom stereocenters. The quantitative estimate of drug-likeness (QED) is 0.812. The average molecular weight is 220 g/mol. The summed E-state index contributed by atoms with van der Waals surface area (Å²) >= 11 is 0. The van der Waals surface area contributed by atoms with Gasteiger partial charge in [-0.15, -0.1) is 0 Å². The molecule has 0 radical (unpaired) electrons. The summed E-state index contributed by atoms with van der Waals surface area (Å²) in [6.07, 6.45) is 5.49. The highest BCUT2D eigenvalue weighted by Crippen LogP contribution is 2.11. The van der Waals surface area contributed by atoms with Crippen molar-refractivity contribution >= 4 is 5.91 Å². The van der Waals surface area contributed by atoms with Crippen LogP contribution in [0.1, 0.15) is 35.7 Å². The second-order valence-corrected chi connectivity index (χ2v) is 3.29. The molecule has 0 aliphatic carbocycles. The topological polar surface area (TPSA) is 83.8 Å². The fourth-order valence-electron chi connectivity index (χ4n) is 1.39. The molecule has 0 saturated heterocycles. The summed E-state index contributed by atoms with van der Waals surface area (Å²) in [5.41, 5.74) is 0.269. The van der Waals surface area contributed by atoms with E-state index in [0.29, 0.717) is 0 Å². The Labute approximate surface area is 92.1 Å². The zero-order chi connectivity index (χ0) is 11.4. The summed E-state index contributed by atoms with van der Waals surface area (Å²) in [5.74, 6) is 0.469. The molecule has 1 atom stereocenters. The first kappa shape index (κ1) is 10.4. The molecule has 2 aromatic heterocycles. The highest BCUT2D eigenvalue weighted by molar-refractivity contribution is 5.92. The Balaban J connectivity index is 2.05. The molecule has 2 aromatic rings. The minimum atomic E-state index is -0.267. The number of imidazole rings is 1. The van der Waals surface area contributed by atoms with Gasteiger partial charge < -0.3 is 14.8 Å². The molecular formula is C10H12N4O2. The van der Waals surface area contributed by atoms with E-state index in [-0.39, 0.29) is 17.6 Å². The molecule has 0 aliphatic heterocycles. The Hall–Kier alpha value is -2.11. The van der Waals surface area contributed by atoms with Gasteiger partial charge in [-0.25, -0.2) is 4.98 Å².